The Hall–Kier alpha value is -0.920. The van der Waals surface area contributed by atoms with Crippen LogP contribution in [0.2, 0.25) is 0 Å². The minimum absolute atomic E-state index is 0.125. The number of rotatable bonds is 4. The lowest BCUT2D eigenvalue weighted by Gasteiger charge is -2.16. The van der Waals surface area contributed by atoms with Crippen molar-refractivity contribution >= 4 is 31.9 Å². The lowest BCUT2D eigenvalue weighted by atomic mass is 10.2. The molecule has 18 heavy (non-hydrogen) atoms. The molecule has 0 heterocycles. The number of sulfonamides is 1. The average Bonchev–Trinajstić information content (AvgIpc) is 2.28. The van der Waals surface area contributed by atoms with Crippen molar-refractivity contribution in [3.63, 3.8) is 0 Å². The van der Waals surface area contributed by atoms with Crippen LogP contribution in [0.5, 0.6) is 0 Å². The molecule has 0 aromatic heterocycles. The van der Waals surface area contributed by atoms with E-state index < -0.39 is 16.0 Å². The van der Waals surface area contributed by atoms with Gasteiger partial charge in [-0.05, 0) is 40.5 Å². The maximum Gasteiger partial charge on any atom is 0.321 e. The number of carbonyl (C=O) groups excluding carboxylic acids is 1. The highest BCUT2D eigenvalue weighted by molar-refractivity contribution is 9.10. The van der Waals surface area contributed by atoms with Crippen LogP contribution in [0, 0.1) is 6.92 Å². The van der Waals surface area contributed by atoms with Crippen LogP contribution in [0.3, 0.4) is 0 Å². The molecule has 5 nitrogen and oxygen atoms in total. The number of aryl methyl sites for hydroxylation is 1. The fraction of sp³-hybridized carbons (Fsp3) is 0.364. The minimum atomic E-state index is -3.71. The Bertz CT molecular complexity index is 556. The van der Waals surface area contributed by atoms with Crippen molar-refractivity contribution in [2.24, 2.45) is 0 Å². The summed E-state index contributed by atoms with van der Waals surface area (Å²) in [5.41, 5.74) is 0.941. The van der Waals surface area contributed by atoms with Gasteiger partial charge < -0.3 is 4.74 Å². The summed E-state index contributed by atoms with van der Waals surface area (Å²) in [5.74, 6) is -0.607. The van der Waals surface area contributed by atoms with Gasteiger partial charge in [-0.15, -0.1) is 0 Å². The van der Waals surface area contributed by atoms with Crippen molar-refractivity contribution in [3.8, 4) is 0 Å². The zero-order chi connectivity index (χ0) is 13.9. The summed E-state index contributed by atoms with van der Waals surface area (Å²) in [4.78, 5) is 11.2. The third-order valence-corrected chi connectivity index (χ3v) is 5.14. The first-order valence-electron chi connectivity index (χ1n) is 5.08. The normalized spacial score (nSPS) is 11.6. The lowest BCUT2D eigenvalue weighted by Crippen LogP contribution is -2.32. The Morgan fingerprint density at radius 1 is 1.44 bits per heavy atom. The molecule has 0 aliphatic rings. The predicted molar refractivity (Wildman–Crippen MR) is 70.7 cm³/mol. The summed E-state index contributed by atoms with van der Waals surface area (Å²) in [5, 5.41) is 0. The molecule has 0 amide bonds. The number of benzene rings is 1. The molecule has 0 N–H and O–H groups in total. The van der Waals surface area contributed by atoms with Gasteiger partial charge in [-0.1, -0.05) is 6.07 Å². The largest absolute Gasteiger partial charge is 0.468 e. The van der Waals surface area contributed by atoms with Crippen molar-refractivity contribution in [1.29, 1.82) is 0 Å². The topological polar surface area (TPSA) is 63.7 Å². The van der Waals surface area contributed by atoms with Crippen LogP contribution < -0.4 is 0 Å². The third-order valence-electron chi connectivity index (χ3n) is 2.36. The van der Waals surface area contributed by atoms with Crippen molar-refractivity contribution in [3.05, 3.63) is 28.2 Å². The number of nitrogens with zero attached hydrogens (tertiary/aromatic N) is 1. The van der Waals surface area contributed by atoms with Crippen molar-refractivity contribution in [1.82, 2.24) is 4.31 Å². The van der Waals surface area contributed by atoms with Gasteiger partial charge in [0.1, 0.15) is 6.54 Å². The van der Waals surface area contributed by atoms with E-state index in [4.69, 9.17) is 0 Å². The van der Waals surface area contributed by atoms with E-state index >= 15 is 0 Å². The highest BCUT2D eigenvalue weighted by Crippen LogP contribution is 2.25. The van der Waals surface area contributed by atoms with Crippen LogP contribution in [0.25, 0.3) is 0 Å². The van der Waals surface area contributed by atoms with Gasteiger partial charge in [-0.3, -0.25) is 4.79 Å². The van der Waals surface area contributed by atoms with Crippen LogP contribution >= 0.6 is 15.9 Å². The van der Waals surface area contributed by atoms with Gasteiger partial charge in [0, 0.05) is 11.5 Å². The fourth-order valence-corrected chi connectivity index (χ4v) is 3.58. The molecule has 0 fully saturated rings. The van der Waals surface area contributed by atoms with Gasteiger partial charge in [0.05, 0.1) is 12.0 Å². The molecular weight excluding hydrogens is 322 g/mol. The summed E-state index contributed by atoms with van der Waals surface area (Å²) in [6, 6.07) is 4.91. The van der Waals surface area contributed by atoms with E-state index in [1.165, 1.54) is 20.2 Å². The molecule has 7 heteroatoms. The summed E-state index contributed by atoms with van der Waals surface area (Å²) in [6.45, 7) is 1.54. The molecule has 0 bridgehead atoms. The number of hydrogen-bond acceptors (Lipinski definition) is 4. The maximum atomic E-state index is 12.2. The van der Waals surface area contributed by atoms with Crippen LogP contribution in [0.1, 0.15) is 5.56 Å². The number of ether oxygens (including phenoxy) is 1. The molecule has 0 atom stereocenters. The van der Waals surface area contributed by atoms with Crippen molar-refractivity contribution in [2.45, 2.75) is 11.8 Å². The zero-order valence-corrected chi connectivity index (χ0v) is 12.7. The van der Waals surface area contributed by atoms with Crippen LogP contribution in [-0.4, -0.2) is 39.4 Å². The highest BCUT2D eigenvalue weighted by Gasteiger charge is 2.25. The first-order chi connectivity index (χ1) is 8.28. The molecule has 0 spiro atoms. The number of likely N-dealkylation sites (N-methyl/N-ethyl adjacent to an activating group) is 1. The van der Waals surface area contributed by atoms with Crippen molar-refractivity contribution < 1.29 is 17.9 Å². The Morgan fingerprint density at radius 3 is 2.56 bits per heavy atom. The zero-order valence-electron chi connectivity index (χ0n) is 10.3. The van der Waals surface area contributed by atoms with E-state index in [0.29, 0.717) is 4.47 Å². The van der Waals surface area contributed by atoms with Gasteiger partial charge in [0.2, 0.25) is 10.0 Å². The smallest absolute Gasteiger partial charge is 0.321 e. The summed E-state index contributed by atoms with van der Waals surface area (Å²) >= 11 is 3.21. The minimum Gasteiger partial charge on any atom is -0.468 e. The van der Waals surface area contributed by atoms with Crippen LogP contribution in [0.15, 0.2) is 27.6 Å². The SMILES string of the molecule is COC(=O)CN(C)S(=O)(=O)c1ccc(C)cc1Br. The Balaban J connectivity index is 3.09. The standard InChI is InChI=1S/C11H14BrNO4S/c1-8-4-5-10(9(12)6-8)18(15,16)13(2)7-11(14)17-3/h4-6H,7H2,1-3H3. The molecule has 1 aromatic rings. The first-order valence-corrected chi connectivity index (χ1v) is 7.31. The van der Waals surface area contributed by atoms with E-state index in [1.807, 2.05) is 6.92 Å². The molecular formula is C11H14BrNO4S. The lowest BCUT2D eigenvalue weighted by molar-refractivity contribution is -0.140. The summed E-state index contributed by atoms with van der Waals surface area (Å²) in [6.07, 6.45) is 0. The molecule has 0 saturated heterocycles. The molecule has 1 aromatic carbocycles. The monoisotopic (exact) mass is 335 g/mol. The van der Waals surface area contributed by atoms with E-state index in [1.54, 1.807) is 12.1 Å². The van der Waals surface area contributed by atoms with E-state index in [2.05, 4.69) is 20.7 Å². The average molecular weight is 336 g/mol. The second-order valence-electron chi connectivity index (χ2n) is 3.77. The number of halogens is 1. The second-order valence-corrected chi connectivity index (χ2v) is 6.64. The molecule has 0 radical (unpaired) electrons. The maximum absolute atomic E-state index is 12.2. The fourth-order valence-electron chi connectivity index (χ4n) is 1.31. The molecule has 0 aliphatic heterocycles. The molecule has 0 unspecified atom stereocenters. The van der Waals surface area contributed by atoms with Gasteiger partial charge in [-0.2, -0.15) is 4.31 Å². The quantitative estimate of drug-likeness (QED) is 0.783. The second kappa shape index (κ2) is 5.81. The first kappa shape index (κ1) is 15.1. The molecule has 0 saturated carbocycles. The summed E-state index contributed by atoms with van der Waals surface area (Å²) < 4.78 is 30.3. The van der Waals surface area contributed by atoms with E-state index in [-0.39, 0.29) is 11.4 Å². The van der Waals surface area contributed by atoms with Crippen LogP contribution in [-0.2, 0) is 19.6 Å². The summed E-state index contributed by atoms with van der Waals surface area (Å²) in [7, 11) is -1.16. The highest BCUT2D eigenvalue weighted by atomic mass is 79.9. The molecule has 1 rings (SSSR count). The predicted octanol–water partition coefficient (Wildman–Crippen LogP) is 1.55. The van der Waals surface area contributed by atoms with Crippen molar-refractivity contribution in [2.75, 3.05) is 20.7 Å². The molecule has 100 valence electrons. The van der Waals surface area contributed by atoms with Crippen LogP contribution in [0.4, 0.5) is 0 Å². The number of methoxy groups -OCH3 is 1. The third kappa shape index (κ3) is 3.30. The van der Waals surface area contributed by atoms with Gasteiger partial charge in [0.15, 0.2) is 0 Å². The van der Waals surface area contributed by atoms with E-state index in [9.17, 15) is 13.2 Å². The number of esters is 1. The van der Waals surface area contributed by atoms with Gasteiger partial charge in [-0.25, -0.2) is 8.42 Å². The van der Waals surface area contributed by atoms with E-state index in [0.717, 1.165) is 9.87 Å². The van der Waals surface area contributed by atoms with Gasteiger partial charge in [0.25, 0.3) is 0 Å². The Kier molecular flexibility index (Phi) is 4.89. The molecule has 0 aliphatic carbocycles. The van der Waals surface area contributed by atoms with Gasteiger partial charge >= 0.3 is 5.97 Å². The Morgan fingerprint density at radius 2 is 2.06 bits per heavy atom. The number of carbonyl (C=O) groups is 1. The number of hydrogen-bond donors (Lipinski definition) is 0. The Labute approximate surface area is 115 Å².